The first-order valence-corrected chi connectivity index (χ1v) is 7.67. The van der Waals surface area contributed by atoms with Crippen LogP contribution in [0.4, 0.5) is 4.79 Å². The summed E-state index contributed by atoms with van der Waals surface area (Å²) >= 11 is 1.58. The Morgan fingerprint density at radius 2 is 2.29 bits per heavy atom. The van der Waals surface area contributed by atoms with Crippen LogP contribution < -0.4 is 5.32 Å². The maximum absolute atomic E-state index is 12.1. The molecule has 2 aromatic heterocycles. The van der Waals surface area contributed by atoms with Crippen molar-refractivity contribution in [2.75, 3.05) is 6.54 Å². The predicted molar refractivity (Wildman–Crippen MR) is 84.5 cm³/mol. The van der Waals surface area contributed by atoms with E-state index in [1.54, 1.807) is 27.7 Å². The third kappa shape index (κ3) is 2.80. The Morgan fingerprint density at radius 1 is 1.43 bits per heavy atom. The molecule has 3 aromatic rings. The van der Waals surface area contributed by atoms with Crippen LogP contribution in [-0.2, 0) is 0 Å². The quantitative estimate of drug-likeness (QED) is 0.806. The van der Waals surface area contributed by atoms with Crippen LogP contribution in [-0.4, -0.2) is 27.1 Å². The molecule has 0 aliphatic heterocycles. The van der Waals surface area contributed by atoms with Gasteiger partial charge in [-0.15, -0.1) is 11.3 Å². The second-order valence-electron chi connectivity index (χ2n) is 5.26. The van der Waals surface area contributed by atoms with E-state index in [1.165, 1.54) is 0 Å². The van der Waals surface area contributed by atoms with E-state index < -0.39 is 0 Å². The summed E-state index contributed by atoms with van der Waals surface area (Å²) in [5.41, 5.74) is 4.49. The highest BCUT2D eigenvalue weighted by molar-refractivity contribution is 7.13. The molecule has 0 saturated heterocycles. The van der Waals surface area contributed by atoms with Crippen LogP contribution in [0.1, 0.15) is 13.8 Å². The van der Waals surface area contributed by atoms with Crippen LogP contribution in [0, 0.1) is 5.92 Å². The normalized spacial score (nSPS) is 11.2. The molecule has 0 unspecified atom stereocenters. The van der Waals surface area contributed by atoms with Crippen LogP contribution >= 0.6 is 11.3 Å². The molecule has 5 nitrogen and oxygen atoms in total. The Bertz CT molecular complexity index is 761. The van der Waals surface area contributed by atoms with E-state index >= 15 is 0 Å². The molecule has 3 rings (SSSR count). The van der Waals surface area contributed by atoms with Crippen molar-refractivity contribution in [1.29, 1.82) is 0 Å². The first-order valence-electron chi connectivity index (χ1n) is 6.79. The lowest BCUT2D eigenvalue weighted by atomic mass is 10.2. The van der Waals surface area contributed by atoms with Crippen LogP contribution in [0.15, 0.2) is 36.2 Å². The third-order valence-corrected chi connectivity index (χ3v) is 3.97. The molecule has 0 fully saturated rings. The van der Waals surface area contributed by atoms with E-state index in [2.05, 4.69) is 29.1 Å². The number of carbonyl (C=O) groups is 1. The topological polar surface area (TPSA) is 59.8 Å². The number of nitrogens with zero attached hydrogens (tertiary/aromatic N) is 3. The molecular weight excluding hydrogens is 284 g/mol. The van der Waals surface area contributed by atoms with Crippen molar-refractivity contribution in [3.63, 3.8) is 0 Å². The molecule has 1 amide bonds. The van der Waals surface area contributed by atoms with Gasteiger partial charge in [-0.2, -0.15) is 0 Å². The summed E-state index contributed by atoms with van der Waals surface area (Å²) in [6, 6.07) is 5.75. The predicted octanol–water partition coefficient (Wildman–Crippen LogP) is 3.37. The first-order chi connectivity index (χ1) is 10.1. The molecule has 0 saturated carbocycles. The van der Waals surface area contributed by atoms with Crippen molar-refractivity contribution in [3.05, 3.63) is 36.2 Å². The number of hydrogen-bond donors (Lipinski definition) is 1. The van der Waals surface area contributed by atoms with Crippen LogP contribution in [0.3, 0.4) is 0 Å². The minimum atomic E-state index is -0.142. The van der Waals surface area contributed by atoms with Gasteiger partial charge in [0.25, 0.3) is 0 Å². The molecule has 108 valence electrons. The van der Waals surface area contributed by atoms with Crippen molar-refractivity contribution in [3.8, 4) is 10.4 Å². The lowest BCUT2D eigenvalue weighted by molar-refractivity contribution is 0.242. The molecule has 2 heterocycles. The molecule has 6 heteroatoms. The van der Waals surface area contributed by atoms with E-state index in [0.29, 0.717) is 12.5 Å². The van der Waals surface area contributed by atoms with Crippen LogP contribution in [0.25, 0.3) is 21.5 Å². The minimum absolute atomic E-state index is 0.142. The molecular formula is C15H16N4OS. The lowest BCUT2D eigenvalue weighted by Gasteiger charge is -2.08. The van der Waals surface area contributed by atoms with Gasteiger partial charge >= 0.3 is 6.03 Å². The number of rotatable bonds is 3. The molecule has 0 aliphatic carbocycles. The Kier molecular flexibility index (Phi) is 3.70. The average Bonchev–Trinajstić information content (AvgIpc) is 3.13. The highest BCUT2D eigenvalue weighted by Crippen LogP contribution is 2.26. The average molecular weight is 300 g/mol. The summed E-state index contributed by atoms with van der Waals surface area (Å²) in [6.07, 6.45) is 3.40. The van der Waals surface area contributed by atoms with Crippen molar-refractivity contribution < 1.29 is 4.79 Å². The van der Waals surface area contributed by atoms with Gasteiger partial charge in [-0.1, -0.05) is 19.9 Å². The standard InChI is InChI=1S/C15H16N4OS/c1-10(2)6-17-15(20)19-8-18-12-5-11(3-4-13(12)19)14-7-16-9-21-14/h3-5,7-10H,6H2,1-2H3,(H,17,20). The van der Waals surface area contributed by atoms with Gasteiger partial charge in [0, 0.05) is 12.7 Å². The zero-order chi connectivity index (χ0) is 14.8. The van der Waals surface area contributed by atoms with Crippen molar-refractivity contribution in [2.45, 2.75) is 13.8 Å². The van der Waals surface area contributed by atoms with Gasteiger partial charge in [-0.3, -0.25) is 9.55 Å². The molecule has 0 bridgehead atoms. The third-order valence-electron chi connectivity index (χ3n) is 3.14. The Labute approximate surface area is 126 Å². The number of nitrogens with one attached hydrogen (secondary N) is 1. The van der Waals surface area contributed by atoms with Crippen LogP contribution in [0.5, 0.6) is 0 Å². The van der Waals surface area contributed by atoms with Gasteiger partial charge in [0.2, 0.25) is 0 Å². The number of benzene rings is 1. The number of carbonyl (C=O) groups excluding carboxylic acids is 1. The van der Waals surface area contributed by atoms with Crippen LogP contribution in [0.2, 0.25) is 0 Å². The van der Waals surface area contributed by atoms with Gasteiger partial charge < -0.3 is 5.32 Å². The molecule has 1 N–H and O–H groups in total. The van der Waals surface area contributed by atoms with E-state index in [4.69, 9.17) is 0 Å². The molecule has 21 heavy (non-hydrogen) atoms. The first kappa shape index (κ1) is 13.8. The summed E-state index contributed by atoms with van der Waals surface area (Å²) in [7, 11) is 0. The van der Waals surface area contributed by atoms with Gasteiger partial charge in [0.1, 0.15) is 6.33 Å². The number of aromatic nitrogens is 3. The fraction of sp³-hybridized carbons (Fsp3) is 0.267. The fourth-order valence-electron chi connectivity index (χ4n) is 2.06. The van der Waals surface area contributed by atoms with E-state index in [9.17, 15) is 4.79 Å². The van der Waals surface area contributed by atoms with Gasteiger partial charge in [-0.25, -0.2) is 9.78 Å². The summed E-state index contributed by atoms with van der Waals surface area (Å²) in [5, 5.41) is 2.89. The second-order valence-corrected chi connectivity index (χ2v) is 6.15. The SMILES string of the molecule is CC(C)CNC(=O)n1cnc2cc(-c3cncs3)ccc21. The fourth-order valence-corrected chi connectivity index (χ4v) is 2.68. The zero-order valence-electron chi connectivity index (χ0n) is 11.9. The summed E-state index contributed by atoms with van der Waals surface area (Å²) in [5.74, 6) is 0.418. The summed E-state index contributed by atoms with van der Waals surface area (Å²) in [6.45, 7) is 4.78. The van der Waals surface area contributed by atoms with E-state index in [-0.39, 0.29) is 6.03 Å². The van der Waals surface area contributed by atoms with Gasteiger partial charge in [-0.05, 0) is 23.6 Å². The van der Waals surface area contributed by atoms with Gasteiger partial charge in [0.05, 0.1) is 21.4 Å². The molecule has 0 spiro atoms. The molecule has 0 radical (unpaired) electrons. The number of imidazole rings is 1. The summed E-state index contributed by atoms with van der Waals surface area (Å²) < 4.78 is 1.55. The molecule has 1 aromatic carbocycles. The lowest BCUT2D eigenvalue weighted by Crippen LogP contribution is -2.31. The maximum Gasteiger partial charge on any atom is 0.327 e. The Balaban J connectivity index is 1.91. The second kappa shape index (κ2) is 5.65. The monoisotopic (exact) mass is 300 g/mol. The molecule has 0 aliphatic rings. The summed E-state index contributed by atoms with van der Waals surface area (Å²) in [4.78, 5) is 21.6. The maximum atomic E-state index is 12.1. The van der Waals surface area contributed by atoms with Gasteiger partial charge in [0.15, 0.2) is 0 Å². The van der Waals surface area contributed by atoms with Crippen molar-refractivity contribution >= 4 is 28.4 Å². The largest absolute Gasteiger partial charge is 0.337 e. The van der Waals surface area contributed by atoms with Crippen molar-refractivity contribution in [1.82, 2.24) is 19.9 Å². The number of amides is 1. The van der Waals surface area contributed by atoms with E-state index in [1.807, 2.05) is 24.4 Å². The molecule has 0 atom stereocenters. The zero-order valence-corrected chi connectivity index (χ0v) is 12.7. The number of hydrogen-bond acceptors (Lipinski definition) is 4. The Morgan fingerprint density at radius 3 is 3.00 bits per heavy atom. The highest BCUT2D eigenvalue weighted by atomic mass is 32.1. The Hall–Kier alpha value is -2.21. The minimum Gasteiger partial charge on any atom is -0.337 e. The highest BCUT2D eigenvalue weighted by Gasteiger charge is 2.11. The smallest absolute Gasteiger partial charge is 0.327 e. The van der Waals surface area contributed by atoms with Crippen molar-refractivity contribution in [2.24, 2.45) is 5.92 Å². The number of thiazole rings is 1. The van der Waals surface area contributed by atoms with E-state index in [0.717, 1.165) is 21.5 Å². The number of fused-ring (bicyclic) bond motifs is 1.